The fourth-order valence-electron chi connectivity index (χ4n) is 3.76. The molecule has 3 aromatic rings. The van der Waals surface area contributed by atoms with Crippen LogP contribution >= 0.6 is 0 Å². The van der Waals surface area contributed by atoms with E-state index in [4.69, 9.17) is 0 Å². The maximum absolute atomic E-state index is 14.0. The summed E-state index contributed by atoms with van der Waals surface area (Å²) in [5.41, 5.74) is 0.220. The Morgan fingerprint density at radius 3 is 2.43 bits per heavy atom. The molecule has 0 unspecified atom stereocenters. The Bertz CT molecular complexity index is 1080. The van der Waals surface area contributed by atoms with Crippen LogP contribution in [0.3, 0.4) is 0 Å². The normalized spacial score (nSPS) is 15.5. The number of amides is 1. The Morgan fingerprint density at radius 2 is 1.70 bits per heavy atom. The van der Waals surface area contributed by atoms with Gasteiger partial charge in [0.05, 0.1) is 16.6 Å². The lowest BCUT2D eigenvalue weighted by atomic mass is 10.1. The standard InChI is InChI=1S/C22H19F4N3O/c23-19-8-7-15(20-17(19)5-3-9-27-20)14-28-10-12-29(13-11-28)21(30)16-4-1-2-6-18(16)22(24,25)26/h1-9H,10-14H2. The van der Waals surface area contributed by atoms with Crippen LogP contribution in [-0.4, -0.2) is 46.9 Å². The second-order valence-corrected chi connectivity index (χ2v) is 7.22. The SMILES string of the molecule is O=C(c1ccccc1C(F)(F)F)N1CCN(Cc2ccc(F)c3cccnc23)CC1. The number of piperazine rings is 1. The smallest absolute Gasteiger partial charge is 0.336 e. The predicted octanol–water partition coefficient (Wildman–Crippen LogP) is 4.35. The van der Waals surface area contributed by atoms with Crippen LogP contribution in [0, 0.1) is 5.82 Å². The first-order valence-electron chi connectivity index (χ1n) is 9.54. The van der Waals surface area contributed by atoms with Gasteiger partial charge in [0.1, 0.15) is 5.82 Å². The number of halogens is 4. The van der Waals surface area contributed by atoms with Gasteiger partial charge in [-0.2, -0.15) is 13.2 Å². The summed E-state index contributed by atoms with van der Waals surface area (Å²) >= 11 is 0. The van der Waals surface area contributed by atoms with Crippen LogP contribution in [0.25, 0.3) is 10.9 Å². The van der Waals surface area contributed by atoms with Crippen LogP contribution in [0.4, 0.5) is 17.6 Å². The highest BCUT2D eigenvalue weighted by molar-refractivity contribution is 5.96. The molecule has 156 valence electrons. The molecule has 4 rings (SSSR count). The summed E-state index contributed by atoms with van der Waals surface area (Å²) in [6.45, 7) is 2.17. The second kappa shape index (κ2) is 8.02. The van der Waals surface area contributed by atoms with E-state index < -0.39 is 17.6 Å². The zero-order valence-corrected chi connectivity index (χ0v) is 16.0. The van der Waals surface area contributed by atoms with Gasteiger partial charge in [-0.25, -0.2) is 4.39 Å². The largest absolute Gasteiger partial charge is 0.417 e. The van der Waals surface area contributed by atoms with Crippen LogP contribution in [-0.2, 0) is 12.7 Å². The highest BCUT2D eigenvalue weighted by Crippen LogP contribution is 2.32. The molecular weight excluding hydrogens is 398 g/mol. The van der Waals surface area contributed by atoms with Crippen molar-refractivity contribution < 1.29 is 22.4 Å². The minimum atomic E-state index is -4.58. The minimum Gasteiger partial charge on any atom is -0.336 e. The number of carbonyl (C=O) groups excluding carboxylic acids is 1. The van der Waals surface area contributed by atoms with Gasteiger partial charge in [-0.15, -0.1) is 0 Å². The third-order valence-corrected chi connectivity index (χ3v) is 5.32. The van der Waals surface area contributed by atoms with E-state index in [1.54, 1.807) is 24.4 Å². The predicted molar refractivity (Wildman–Crippen MR) is 104 cm³/mol. The molecule has 8 heteroatoms. The van der Waals surface area contributed by atoms with Crippen molar-refractivity contribution >= 4 is 16.8 Å². The lowest BCUT2D eigenvalue weighted by molar-refractivity contribution is -0.138. The number of rotatable bonds is 3. The van der Waals surface area contributed by atoms with E-state index in [0.717, 1.165) is 11.6 Å². The number of hydrogen-bond acceptors (Lipinski definition) is 3. The van der Waals surface area contributed by atoms with Gasteiger partial charge in [-0.3, -0.25) is 14.7 Å². The van der Waals surface area contributed by atoms with Gasteiger partial charge in [0, 0.05) is 44.3 Å². The highest BCUT2D eigenvalue weighted by atomic mass is 19.4. The van der Waals surface area contributed by atoms with E-state index >= 15 is 0 Å². The Hall–Kier alpha value is -3.00. The molecule has 0 aliphatic carbocycles. The van der Waals surface area contributed by atoms with Gasteiger partial charge < -0.3 is 4.90 Å². The Morgan fingerprint density at radius 1 is 0.967 bits per heavy atom. The number of carbonyl (C=O) groups is 1. The molecule has 0 radical (unpaired) electrons. The van der Waals surface area contributed by atoms with Crippen molar-refractivity contribution in [2.75, 3.05) is 26.2 Å². The van der Waals surface area contributed by atoms with Gasteiger partial charge in [0.25, 0.3) is 5.91 Å². The molecule has 2 aromatic carbocycles. The van der Waals surface area contributed by atoms with Crippen LogP contribution < -0.4 is 0 Å². The molecule has 1 fully saturated rings. The van der Waals surface area contributed by atoms with Crippen molar-refractivity contribution in [1.82, 2.24) is 14.8 Å². The summed E-state index contributed by atoms with van der Waals surface area (Å²) in [5.74, 6) is -0.947. The molecule has 1 saturated heterocycles. The summed E-state index contributed by atoms with van der Waals surface area (Å²) in [6, 6.07) is 11.3. The summed E-state index contributed by atoms with van der Waals surface area (Å²) < 4.78 is 53.7. The van der Waals surface area contributed by atoms with Crippen LogP contribution in [0.2, 0.25) is 0 Å². The number of fused-ring (bicyclic) bond motifs is 1. The summed E-state index contributed by atoms with van der Waals surface area (Å²) in [6.07, 6.45) is -2.97. The first-order valence-corrected chi connectivity index (χ1v) is 9.54. The van der Waals surface area contributed by atoms with Crippen molar-refractivity contribution in [3.05, 3.63) is 77.2 Å². The van der Waals surface area contributed by atoms with Crippen molar-refractivity contribution in [3.63, 3.8) is 0 Å². The van der Waals surface area contributed by atoms with E-state index in [1.807, 2.05) is 0 Å². The Kier molecular flexibility index (Phi) is 5.42. The molecule has 30 heavy (non-hydrogen) atoms. The van der Waals surface area contributed by atoms with Crippen molar-refractivity contribution in [3.8, 4) is 0 Å². The summed E-state index contributed by atoms with van der Waals surface area (Å²) in [5, 5.41) is 0.451. The number of nitrogens with zero attached hydrogens (tertiary/aromatic N) is 3. The fourth-order valence-corrected chi connectivity index (χ4v) is 3.76. The van der Waals surface area contributed by atoms with E-state index in [1.165, 1.54) is 29.2 Å². The maximum atomic E-state index is 14.0. The van der Waals surface area contributed by atoms with Crippen molar-refractivity contribution in [1.29, 1.82) is 0 Å². The van der Waals surface area contributed by atoms with Crippen LogP contribution in [0.15, 0.2) is 54.7 Å². The first-order chi connectivity index (χ1) is 14.3. The van der Waals surface area contributed by atoms with Crippen LogP contribution in [0.5, 0.6) is 0 Å². The third kappa shape index (κ3) is 4.00. The maximum Gasteiger partial charge on any atom is 0.417 e. The van der Waals surface area contributed by atoms with Gasteiger partial charge in [-0.1, -0.05) is 18.2 Å². The molecule has 1 aliphatic heterocycles. The number of hydrogen-bond donors (Lipinski definition) is 0. The number of benzene rings is 2. The molecule has 0 spiro atoms. The zero-order chi connectivity index (χ0) is 21.3. The Balaban J connectivity index is 1.45. The molecule has 1 aliphatic rings. The highest BCUT2D eigenvalue weighted by Gasteiger charge is 2.36. The van der Waals surface area contributed by atoms with Gasteiger partial charge >= 0.3 is 6.18 Å². The zero-order valence-electron chi connectivity index (χ0n) is 16.0. The number of alkyl halides is 3. The summed E-state index contributed by atoms with van der Waals surface area (Å²) in [4.78, 5) is 20.5. The van der Waals surface area contributed by atoms with E-state index in [0.29, 0.717) is 43.6 Å². The molecule has 0 saturated carbocycles. The van der Waals surface area contributed by atoms with E-state index in [-0.39, 0.29) is 11.4 Å². The molecule has 0 bridgehead atoms. The van der Waals surface area contributed by atoms with Crippen molar-refractivity contribution in [2.24, 2.45) is 0 Å². The number of pyridine rings is 1. The monoisotopic (exact) mass is 417 g/mol. The quantitative estimate of drug-likeness (QED) is 0.595. The van der Waals surface area contributed by atoms with Crippen molar-refractivity contribution in [2.45, 2.75) is 12.7 Å². The number of aromatic nitrogens is 1. The molecule has 0 N–H and O–H groups in total. The molecule has 0 atom stereocenters. The lowest BCUT2D eigenvalue weighted by Gasteiger charge is -2.35. The van der Waals surface area contributed by atoms with E-state index in [2.05, 4.69) is 9.88 Å². The molecule has 1 aromatic heterocycles. The average Bonchev–Trinajstić information content (AvgIpc) is 2.75. The third-order valence-electron chi connectivity index (χ3n) is 5.32. The molecule has 2 heterocycles. The van der Waals surface area contributed by atoms with Gasteiger partial charge in [0.2, 0.25) is 0 Å². The minimum absolute atomic E-state index is 0.317. The topological polar surface area (TPSA) is 36.4 Å². The molecule has 4 nitrogen and oxygen atoms in total. The van der Waals surface area contributed by atoms with E-state index in [9.17, 15) is 22.4 Å². The first kappa shape index (κ1) is 20.3. The van der Waals surface area contributed by atoms with Gasteiger partial charge in [0.15, 0.2) is 0 Å². The van der Waals surface area contributed by atoms with Gasteiger partial charge in [-0.05, 0) is 35.9 Å². The second-order valence-electron chi connectivity index (χ2n) is 7.22. The Labute approximate surface area is 170 Å². The molecular formula is C22H19F4N3O. The van der Waals surface area contributed by atoms with Crippen LogP contribution in [0.1, 0.15) is 21.5 Å². The average molecular weight is 417 g/mol. The lowest BCUT2D eigenvalue weighted by Crippen LogP contribution is -2.48. The molecule has 1 amide bonds. The fraction of sp³-hybridized carbons (Fsp3) is 0.273. The summed E-state index contributed by atoms with van der Waals surface area (Å²) in [7, 11) is 0.